The molecule has 0 atom stereocenters. The number of Topliss-reactive ketones (excluding diaryl/α,β-unsaturated/α-hetero) is 1. The quantitative estimate of drug-likeness (QED) is 0.238. The molecule has 0 aromatic carbocycles. The van der Waals surface area contributed by atoms with Gasteiger partial charge >= 0.3 is 11.7 Å². The van der Waals surface area contributed by atoms with Gasteiger partial charge in [0.2, 0.25) is 5.78 Å². The van der Waals surface area contributed by atoms with E-state index in [9.17, 15) is 9.59 Å². The third-order valence-corrected chi connectivity index (χ3v) is 1.55. The topological polar surface area (TPSA) is 92.9 Å². The minimum Gasteiger partial charge on any atom is -0.466 e. The van der Waals surface area contributed by atoms with Crippen LogP contribution in [0.15, 0.2) is 22.8 Å². The first-order valence-corrected chi connectivity index (χ1v) is 4.07. The largest absolute Gasteiger partial charge is 0.466 e. The fraction of sp³-hybridized carbons (Fsp3) is 0.222. The van der Waals surface area contributed by atoms with Crippen molar-refractivity contribution in [3.05, 3.63) is 29.7 Å². The maximum absolute atomic E-state index is 11.1. The van der Waals surface area contributed by atoms with Gasteiger partial charge in [0.1, 0.15) is 12.4 Å². The lowest BCUT2D eigenvalue weighted by atomic mass is 10.3. The summed E-state index contributed by atoms with van der Waals surface area (Å²) < 4.78 is 9.55. The van der Waals surface area contributed by atoms with Crippen LogP contribution in [0.1, 0.15) is 12.7 Å². The molecule has 0 unspecified atom stereocenters. The maximum Gasteiger partial charge on any atom is 0.441 e. The molecule has 6 nitrogen and oxygen atoms in total. The van der Waals surface area contributed by atoms with Crippen LogP contribution < -0.4 is 0 Å². The smallest absolute Gasteiger partial charge is 0.441 e. The van der Waals surface area contributed by atoms with Gasteiger partial charge in [-0.1, -0.05) is 0 Å². The number of hydrogen-bond donors (Lipinski definition) is 0. The van der Waals surface area contributed by atoms with Gasteiger partial charge in [0, 0.05) is 6.92 Å². The minimum atomic E-state index is -0.985. The fourth-order valence-electron chi connectivity index (χ4n) is 0.855. The molecule has 6 heteroatoms. The van der Waals surface area contributed by atoms with Crippen molar-refractivity contribution < 1.29 is 23.5 Å². The lowest BCUT2D eigenvalue weighted by Gasteiger charge is -1.96. The Morgan fingerprint density at radius 3 is 2.80 bits per heavy atom. The van der Waals surface area contributed by atoms with Crippen LogP contribution in [0.25, 0.3) is 5.53 Å². The summed E-state index contributed by atoms with van der Waals surface area (Å²) in [4.78, 5) is 24.4. The Labute approximate surface area is 85.1 Å². The van der Waals surface area contributed by atoms with Gasteiger partial charge in [-0.2, -0.15) is 4.79 Å². The lowest BCUT2D eigenvalue weighted by Crippen LogP contribution is -2.25. The first kappa shape index (κ1) is 10.9. The molecule has 0 amide bonds. The van der Waals surface area contributed by atoms with E-state index in [1.165, 1.54) is 6.26 Å². The normalized spacial score (nSPS) is 9.13. The van der Waals surface area contributed by atoms with E-state index in [-0.39, 0.29) is 6.61 Å². The van der Waals surface area contributed by atoms with Gasteiger partial charge in [0.25, 0.3) is 0 Å². The number of esters is 1. The van der Waals surface area contributed by atoms with Crippen LogP contribution in [0.2, 0.25) is 0 Å². The van der Waals surface area contributed by atoms with E-state index in [0.717, 1.165) is 6.92 Å². The van der Waals surface area contributed by atoms with Gasteiger partial charge < -0.3 is 14.7 Å². The summed E-state index contributed by atoms with van der Waals surface area (Å²) in [5.41, 5.74) is 7.73. The van der Waals surface area contributed by atoms with Gasteiger partial charge in [-0.15, -0.1) is 0 Å². The number of furan rings is 1. The summed E-state index contributed by atoms with van der Waals surface area (Å²) >= 11 is 0. The first-order chi connectivity index (χ1) is 7.15. The van der Waals surface area contributed by atoms with Crippen LogP contribution in [0.4, 0.5) is 0 Å². The van der Waals surface area contributed by atoms with Crippen molar-refractivity contribution in [3.8, 4) is 0 Å². The van der Waals surface area contributed by atoms with Crippen molar-refractivity contribution in [1.29, 1.82) is 0 Å². The van der Waals surface area contributed by atoms with Gasteiger partial charge in [0.05, 0.1) is 6.26 Å². The Morgan fingerprint density at radius 1 is 1.60 bits per heavy atom. The Kier molecular flexibility index (Phi) is 3.54. The van der Waals surface area contributed by atoms with E-state index in [1.54, 1.807) is 12.1 Å². The molecular formula is C9H8N2O4. The monoisotopic (exact) mass is 208 g/mol. The van der Waals surface area contributed by atoms with Crippen molar-refractivity contribution in [3.63, 3.8) is 0 Å². The minimum absolute atomic E-state index is 0.113. The highest BCUT2D eigenvalue weighted by Gasteiger charge is 2.27. The number of ether oxygens (including phenoxy) is 1. The summed E-state index contributed by atoms with van der Waals surface area (Å²) in [7, 11) is 0. The van der Waals surface area contributed by atoms with Crippen LogP contribution in [-0.2, 0) is 20.9 Å². The highest BCUT2D eigenvalue weighted by Crippen LogP contribution is 2.01. The summed E-state index contributed by atoms with van der Waals surface area (Å²) in [5, 5.41) is 0. The van der Waals surface area contributed by atoms with E-state index < -0.39 is 17.5 Å². The zero-order valence-corrected chi connectivity index (χ0v) is 7.97. The summed E-state index contributed by atoms with van der Waals surface area (Å²) in [6.45, 7) is 0.987. The van der Waals surface area contributed by atoms with Crippen molar-refractivity contribution >= 4 is 17.5 Å². The molecule has 0 aliphatic rings. The van der Waals surface area contributed by atoms with Crippen LogP contribution >= 0.6 is 0 Å². The van der Waals surface area contributed by atoms with Gasteiger partial charge in [-0.3, -0.25) is 4.79 Å². The van der Waals surface area contributed by atoms with Crippen LogP contribution in [0.3, 0.4) is 0 Å². The average Bonchev–Trinajstić information content (AvgIpc) is 2.67. The van der Waals surface area contributed by atoms with Crippen molar-refractivity contribution in [2.24, 2.45) is 0 Å². The van der Waals surface area contributed by atoms with Crippen LogP contribution in [0.5, 0.6) is 0 Å². The summed E-state index contributed by atoms with van der Waals surface area (Å²) in [6.07, 6.45) is 1.43. The maximum atomic E-state index is 11.1. The average molecular weight is 208 g/mol. The highest BCUT2D eigenvalue weighted by atomic mass is 16.5. The van der Waals surface area contributed by atoms with Gasteiger partial charge in [-0.05, 0) is 12.1 Å². The lowest BCUT2D eigenvalue weighted by molar-refractivity contribution is -0.143. The number of carbonyl (C=O) groups is 2. The highest BCUT2D eigenvalue weighted by molar-refractivity contribution is 6.61. The van der Waals surface area contributed by atoms with E-state index in [2.05, 4.69) is 9.53 Å². The zero-order chi connectivity index (χ0) is 11.3. The Balaban J connectivity index is 2.56. The standard InChI is InChI=1S/C9H8N2O4/c1-6(12)8(11-10)9(13)15-5-7-3-2-4-14-7/h2-4H,5H2,1H3. The van der Waals surface area contributed by atoms with Crippen molar-refractivity contribution in [1.82, 2.24) is 0 Å². The SMILES string of the molecule is CC(=O)C(=[N+]=[N-])C(=O)OCc1ccco1. The number of hydrogen-bond acceptors (Lipinski definition) is 4. The van der Waals surface area contributed by atoms with Crippen molar-refractivity contribution in [2.45, 2.75) is 13.5 Å². The summed E-state index contributed by atoms with van der Waals surface area (Å²) in [6, 6.07) is 3.24. The molecule has 0 bridgehead atoms. The Bertz CT molecular complexity index is 415. The summed E-state index contributed by atoms with van der Waals surface area (Å²) in [5.74, 6) is -1.22. The first-order valence-electron chi connectivity index (χ1n) is 4.07. The molecule has 78 valence electrons. The second kappa shape index (κ2) is 4.88. The Hall–Kier alpha value is -2.20. The molecule has 1 heterocycles. The van der Waals surface area contributed by atoms with Crippen LogP contribution in [-0.4, -0.2) is 22.3 Å². The zero-order valence-electron chi connectivity index (χ0n) is 7.97. The van der Waals surface area contributed by atoms with Gasteiger partial charge in [0.15, 0.2) is 0 Å². The molecule has 0 N–H and O–H groups in total. The fourth-order valence-corrected chi connectivity index (χ4v) is 0.855. The third-order valence-electron chi connectivity index (χ3n) is 1.55. The van der Waals surface area contributed by atoms with E-state index in [4.69, 9.17) is 9.95 Å². The Morgan fingerprint density at radius 2 is 2.33 bits per heavy atom. The molecule has 15 heavy (non-hydrogen) atoms. The molecule has 0 spiro atoms. The molecule has 0 aliphatic heterocycles. The van der Waals surface area contributed by atoms with Gasteiger partial charge in [-0.25, -0.2) is 4.79 Å². The van der Waals surface area contributed by atoms with Crippen LogP contribution in [0, 0.1) is 0 Å². The predicted octanol–water partition coefficient (Wildman–Crippen LogP) is 0.583. The van der Waals surface area contributed by atoms with E-state index >= 15 is 0 Å². The van der Waals surface area contributed by atoms with Crippen molar-refractivity contribution in [2.75, 3.05) is 0 Å². The molecule has 0 fully saturated rings. The molecule has 1 aromatic rings. The van der Waals surface area contributed by atoms with E-state index in [1.807, 2.05) is 0 Å². The second-order valence-electron chi connectivity index (χ2n) is 2.66. The molecule has 1 aromatic heterocycles. The molecule has 0 aliphatic carbocycles. The number of rotatable bonds is 4. The number of nitrogens with zero attached hydrogens (tertiary/aromatic N) is 2. The number of carbonyl (C=O) groups excluding carboxylic acids is 2. The molecular weight excluding hydrogens is 200 g/mol. The second-order valence-corrected chi connectivity index (χ2v) is 2.66. The molecule has 0 radical (unpaired) electrons. The third kappa shape index (κ3) is 2.89. The predicted molar refractivity (Wildman–Crippen MR) is 47.8 cm³/mol. The molecule has 0 saturated carbocycles. The molecule has 1 rings (SSSR count). The van der Waals surface area contributed by atoms with E-state index in [0.29, 0.717) is 5.76 Å². The number of ketones is 1. The molecule has 0 saturated heterocycles.